The van der Waals surface area contributed by atoms with Crippen LogP contribution in [0.4, 0.5) is 0 Å². The minimum absolute atomic E-state index is 0.325. The van der Waals surface area contributed by atoms with Crippen molar-refractivity contribution in [2.75, 3.05) is 0 Å². The number of carbonyl (C=O) groups is 1. The van der Waals surface area contributed by atoms with E-state index in [1.807, 2.05) is 0 Å². The Morgan fingerprint density at radius 1 is 1.39 bits per heavy atom. The number of nitrogens with one attached hydrogen (secondary N) is 1. The van der Waals surface area contributed by atoms with Gasteiger partial charge < -0.3 is 0 Å². The van der Waals surface area contributed by atoms with Gasteiger partial charge in [0.1, 0.15) is 0 Å². The second kappa shape index (κ2) is 5.46. The molecule has 0 radical (unpaired) electrons. The molecule has 0 saturated heterocycles. The molecule has 0 aliphatic rings. The molecule has 0 spiro atoms. The highest BCUT2D eigenvalue weighted by atomic mass is 35.5. The molecule has 0 saturated carbocycles. The monoisotopic (exact) mass is 262 g/mol. The number of amides is 1. The van der Waals surface area contributed by atoms with Crippen LogP contribution in [0.15, 0.2) is 41.6 Å². The Hall–Kier alpha value is -2.14. The van der Waals surface area contributed by atoms with Gasteiger partial charge in [0, 0.05) is 18.3 Å². The van der Waals surface area contributed by atoms with Crippen molar-refractivity contribution in [1.29, 1.82) is 0 Å². The van der Waals surface area contributed by atoms with Crippen LogP contribution in [0.25, 0.3) is 0 Å². The highest BCUT2D eigenvalue weighted by molar-refractivity contribution is 6.30. The fraction of sp³-hybridized carbons (Fsp3) is 0.0833. The van der Waals surface area contributed by atoms with Gasteiger partial charge in [0.05, 0.1) is 6.21 Å². The second-order valence-corrected chi connectivity index (χ2v) is 4.06. The SMILES string of the molecule is Cn1ccc(C(=O)N/N=C/c2ccc(Cl)cc2)n1. The molecule has 0 unspecified atom stereocenters. The first kappa shape index (κ1) is 12.3. The first-order chi connectivity index (χ1) is 8.65. The van der Waals surface area contributed by atoms with Crippen LogP contribution in [0.1, 0.15) is 16.1 Å². The van der Waals surface area contributed by atoms with Gasteiger partial charge in [-0.2, -0.15) is 10.2 Å². The molecule has 0 aliphatic carbocycles. The molecule has 0 bridgehead atoms. The summed E-state index contributed by atoms with van der Waals surface area (Å²) in [6.07, 6.45) is 3.23. The van der Waals surface area contributed by atoms with Gasteiger partial charge >= 0.3 is 0 Å². The maximum atomic E-state index is 11.6. The Labute approximate surface area is 109 Å². The summed E-state index contributed by atoms with van der Waals surface area (Å²) in [7, 11) is 1.74. The quantitative estimate of drug-likeness (QED) is 0.678. The van der Waals surface area contributed by atoms with Crippen LogP contribution in [0, 0.1) is 0 Å². The number of hydrogen-bond acceptors (Lipinski definition) is 3. The van der Waals surface area contributed by atoms with Crippen molar-refractivity contribution in [2.45, 2.75) is 0 Å². The Kier molecular flexibility index (Phi) is 3.74. The normalized spacial score (nSPS) is 10.8. The van der Waals surface area contributed by atoms with Gasteiger partial charge in [0.15, 0.2) is 5.69 Å². The molecular formula is C12H11ClN4O. The summed E-state index contributed by atoms with van der Waals surface area (Å²) in [4.78, 5) is 11.6. The molecule has 0 fully saturated rings. The van der Waals surface area contributed by atoms with Crippen LogP contribution in [0.3, 0.4) is 0 Å². The van der Waals surface area contributed by atoms with Gasteiger partial charge in [-0.3, -0.25) is 9.48 Å². The van der Waals surface area contributed by atoms with Crippen molar-refractivity contribution < 1.29 is 4.79 Å². The van der Waals surface area contributed by atoms with E-state index in [-0.39, 0.29) is 5.91 Å². The summed E-state index contributed by atoms with van der Waals surface area (Å²) in [6, 6.07) is 8.73. The maximum Gasteiger partial charge on any atom is 0.291 e. The van der Waals surface area contributed by atoms with Crippen molar-refractivity contribution in [3.63, 3.8) is 0 Å². The van der Waals surface area contributed by atoms with Crippen LogP contribution >= 0.6 is 11.6 Å². The van der Waals surface area contributed by atoms with Crippen LogP contribution < -0.4 is 5.43 Å². The molecule has 18 heavy (non-hydrogen) atoms. The van der Waals surface area contributed by atoms with E-state index in [0.717, 1.165) is 5.56 Å². The third-order valence-corrected chi connectivity index (χ3v) is 2.45. The van der Waals surface area contributed by atoms with Crippen molar-refractivity contribution in [3.8, 4) is 0 Å². The largest absolute Gasteiger partial charge is 0.291 e. The van der Waals surface area contributed by atoms with E-state index in [2.05, 4.69) is 15.6 Å². The number of nitrogens with zero attached hydrogens (tertiary/aromatic N) is 3. The number of benzene rings is 1. The summed E-state index contributed by atoms with van der Waals surface area (Å²) in [6.45, 7) is 0. The zero-order valence-electron chi connectivity index (χ0n) is 9.67. The number of aromatic nitrogens is 2. The molecule has 1 aromatic heterocycles. The lowest BCUT2D eigenvalue weighted by Crippen LogP contribution is -2.18. The summed E-state index contributed by atoms with van der Waals surface area (Å²) in [5.74, 6) is -0.346. The molecule has 1 amide bonds. The Balaban J connectivity index is 1.95. The fourth-order valence-corrected chi connectivity index (χ4v) is 1.43. The minimum atomic E-state index is -0.346. The lowest BCUT2D eigenvalue weighted by molar-refractivity contribution is 0.0949. The van der Waals surface area contributed by atoms with Crippen LogP contribution in [-0.4, -0.2) is 21.9 Å². The number of halogens is 1. The van der Waals surface area contributed by atoms with E-state index in [1.54, 1.807) is 48.3 Å². The van der Waals surface area contributed by atoms with Gasteiger partial charge in [-0.25, -0.2) is 5.43 Å². The highest BCUT2D eigenvalue weighted by Crippen LogP contribution is 2.07. The molecule has 5 nitrogen and oxygen atoms in total. The topological polar surface area (TPSA) is 59.3 Å². The van der Waals surface area contributed by atoms with Gasteiger partial charge in [0.2, 0.25) is 0 Å². The first-order valence-electron chi connectivity index (χ1n) is 5.24. The van der Waals surface area contributed by atoms with Crippen molar-refractivity contribution >= 4 is 23.7 Å². The van der Waals surface area contributed by atoms with E-state index in [0.29, 0.717) is 10.7 Å². The van der Waals surface area contributed by atoms with Crippen LogP contribution in [0.2, 0.25) is 5.02 Å². The van der Waals surface area contributed by atoms with Gasteiger partial charge in [-0.05, 0) is 23.8 Å². The number of hydrazone groups is 1. The third kappa shape index (κ3) is 3.18. The predicted octanol–water partition coefficient (Wildman–Crippen LogP) is 1.84. The molecule has 1 heterocycles. The average Bonchev–Trinajstić information content (AvgIpc) is 2.78. The molecular weight excluding hydrogens is 252 g/mol. The summed E-state index contributed by atoms with van der Waals surface area (Å²) < 4.78 is 1.55. The number of carbonyl (C=O) groups excluding carboxylic acids is 1. The smallest absolute Gasteiger partial charge is 0.275 e. The molecule has 2 aromatic rings. The number of hydrogen-bond donors (Lipinski definition) is 1. The molecule has 1 N–H and O–H groups in total. The van der Waals surface area contributed by atoms with E-state index in [9.17, 15) is 4.79 Å². The van der Waals surface area contributed by atoms with Crippen LogP contribution in [-0.2, 0) is 7.05 Å². The maximum absolute atomic E-state index is 11.6. The Morgan fingerprint density at radius 2 is 2.11 bits per heavy atom. The standard InChI is InChI=1S/C12H11ClN4O/c1-17-7-6-11(16-17)12(18)15-14-8-9-2-4-10(13)5-3-9/h2-8H,1H3,(H,15,18)/b14-8+. The van der Waals surface area contributed by atoms with E-state index in [1.165, 1.54) is 6.21 Å². The van der Waals surface area contributed by atoms with E-state index < -0.39 is 0 Å². The molecule has 0 atom stereocenters. The number of aryl methyl sites for hydroxylation is 1. The fourth-order valence-electron chi connectivity index (χ4n) is 1.31. The predicted molar refractivity (Wildman–Crippen MR) is 69.7 cm³/mol. The summed E-state index contributed by atoms with van der Waals surface area (Å²) in [5, 5.41) is 8.46. The van der Waals surface area contributed by atoms with Crippen molar-refractivity contribution in [1.82, 2.24) is 15.2 Å². The zero-order chi connectivity index (χ0) is 13.0. The summed E-state index contributed by atoms with van der Waals surface area (Å²) in [5.41, 5.74) is 3.57. The molecule has 92 valence electrons. The van der Waals surface area contributed by atoms with Crippen LogP contribution in [0.5, 0.6) is 0 Å². The van der Waals surface area contributed by atoms with Gasteiger partial charge in [-0.15, -0.1) is 0 Å². The Morgan fingerprint density at radius 3 is 2.72 bits per heavy atom. The third-order valence-electron chi connectivity index (χ3n) is 2.20. The number of rotatable bonds is 3. The zero-order valence-corrected chi connectivity index (χ0v) is 10.4. The molecule has 2 rings (SSSR count). The lowest BCUT2D eigenvalue weighted by atomic mass is 10.2. The van der Waals surface area contributed by atoms with Gasteiger partial charge in [0.25, 0.3) is 5.91 Å². The van der Waals surface area contributed by atoms with E-state index in [4.69, 9.17) is 11.6 Å². The average molecular weight is 263 g/mol. The molecule has 6 heteroatoms. The minimum Gasteiger partial charge on any atom is -0.275 e. The van der Waals surface area contributed by atoms with Gasteiger partial charge in [-0.1, -0.05) is 23.7 Å². The molecule has 1 aromatic carbocycles. The first-order valence-corrected chi connectivity index (χ1v) is 5.61. The highest BCUT2D eigenvalue weighted by Gasteiger charge is 2.06. The lowest BCUT2D eigenvalue weighted by Gasteiger charge is -1.96. The van der Waals surface area contributed by atoms with Crippen molar-refractivity contribution in [2.24, 2.45) is 12.1 Å². The van der Waals surface area contributed by atoms with E-state index >= 15 is 0 Å². The van der Waals surface area contributed by atoms with Crippen molar-refractivity contribution in [3.05, 3.63) is 52.8 Å². The summed E-state index contributed by atoms with van der Waals surface area (Å²) >= 11 is 5.75. The second-order valence-electron chi connectivity index (χ2n) is 3.63. The molecule has 0 aliphatic heterocycles. The Bertz CT molecular complexity index is 574.